The quantitative estimate of drug-likeness (QED) is 0.851. The number of rotatable bonds is 4. The van der Waals surface area contributed by atoms with Gasteiger partial charge in [-0.05, 0) is 32.1 Å². The highest BCUT2D eigenvalue weighted by Gasteiger charge is 2.50. The van der Waals surface area contributed by atoms with Crippen LogP contribution in [-0.4, -0.2) is 82.2 Å². The molecule has 1 N–H and O–H groups in total. The number of nitrogens with zero attached hydrogens (tertiary/aromatic N) is 5. The van der Waals surface area contributed by atoms with Gasteiger partial charge in [-0.2, -0.15) is 15.4 Å². The monoisotopic (exact) mass is 382 g/mol. The molecule has 3 atom stereocenters. The number of H-pyrrole nitrogens is 1. The molecule has 0 aliphatic carbocycles. The van der Waals surface area contributed by atoms with Gasteiger partial charge in [-0.15, -0.1) is 0 Å². The SMILES string of the molecule is Cc1ccccc1[C@H]1[C@@H]2CN(C(=O)c3cn[nH]n3)C[C@@H]2CN1C(=O)CN(C)C. The van der Waals surface area contributed by atoms with Crippen molar-refractivity contribution in [3.8, 4) is 0 Å². The number of likely N-dealkylation sites (tertiary alicyclic amines) is 2. The number of nitrogens with one attached hydrogen (secondary N) is 1. The second-order valence-corrected chi connectivity index (χ2v) is 8.07. The van der Waals surface area contributed by atoms with Gasteiger partial charge in [-0.1, -0.05) is 24.3 Å². The molecule has 2 aliphatic rings. The van der Waals surface area contributed by atoms with Gasteiger partial charge in [0.15, 0.2) is 5.69 Å². The van der Waals surface area contributed by atoms with Gasteiger partial charge in [0.1, 0.15) is 0 Å². The molecule has 2 fully saturated rings. The molecule has 1 aromatic carbocycles. The zero-order chi connectivity index (χ0) is 19.8. The van der Waals surface area contributed by atoms with Crippen molar-refractivity contribution in [2.75, 3.05) is 40.3 Å². The fraction of sp³-hybridized carbons (Fsp3) is 0.500. The number of hydrogen-bond acceptors (Lipinski definition) is 5. The van der Waals surface area contributed by atoms with Gasteiger partial charge in [0.05, 0.1) is 18.8 Å². The molecule has 8 nitrogen and oxygen atoms in total. The Hall–Kier alpha value is -2.74. The molecular weight excluding hydrogens is 356 g/mol. The normalized spacial score (nSPS) is 24.1. The van der Waals surface area contributed by atoms with Crippen LogP contribution in [0.25, 0.3) is 0 Å². The van der Waals surface area contributed by atoms with Crippen LogP contribution < -0.4 is 0 Å². The highest BCUT2D eigenvalue weighted by molar-refractivity contribution is 5.92. The first-order chi connectivity index (χ1) is 13.5. The van der Waals surface area contributed by atoms with Crippen LogP contribution in [0.15, 0.2) is 30.5 Å². The smallest absolute Gasteiger partial charge is 0.276 e. The summed E-state index contributed by atoms with van der Waals surface area (Å²) in [5.41, 5.74) is 2.70. The highest BCUT2D eigenvalue weighted by atomic mass is 16.2. The molecule has 4 rings (SSSR count). The Morgan fingerprint density at radius 1 is 1.21 bits per heavy atom. The molecule has 2 saturated heterocycles. The largest absolute Gasteiger partial charge is 0.336 e. The van der Waals surface area contributed by atoms with E-state index in [0.29, 0.717) is 31.9 Å². The standard InChI is InChI=1S/C20H26N6O2/c1-13-6-4-5-7-15(13)19-16-11-25(20(28)17-8-21-23-22-17)9-14(16)10-26(19)18(27)12-24(2)3/h4-8,14,16,19H,9-12H2,1-3H3,(H,21,22,23)/t14-,16-,19+/m1/s1. The number of fused-ring (bicyclic) bond motifs is 1. The minimum Gasteiger partial charge on any atom is -0.336 e. The second kappa shape index (κ2) is 7.35. The van der Waals surface area contributed by atoms with Crippen molar-refractivity contribution in [1.29, 1.82) is 0 Å². The molecule has 1 aromatic heterocycles. The van der Waals surface area contributed by atoms with E-state index in [1.54, 1.807) is 0 Å². The van der Waals surface area contributed by atoms with E-state index in [-0.39, 0.29) is 29.7 Å². The average Bonchev–Trinajstić information content (AvgIpc) is 3.37. The van der Waals surface area contributed by atoms with Crippen LogP contribution in [0.4, 0.5) is 0 Å². The predicted molar refractivity (Wildman–Crippen MR) is 103 cm³/mol. The lowest BCUT2D eigenvalue weighted by Gasteiger charge is -2.31. The number of aromatic amines is 1. The summed E-state index contributed by atoms with van der Waals surface area (Å²) < 4.78 is 0. The first-order valence-electron chi connectivity index (χ1n) is 9.60. The maximum Gasteiger partial charge on any atom is 0.276 e. The highest BCUT2D eigenvalue weighted by Crippen LogP contribution is 2.46. The number of aromatic nitrogens is 3. The topological polar surface area (TPSA) is 85.4 Å². The molecule has 148 valence electrons. The van der Waals surface area contributed by atoms with Crippen LogP contribution in [0.5, 0.6) is 0 Å². The zero-order valence-corrected chi connectivity index (χ0v) is 16.5. The molecule has 2 aliphatic heterocycles. The molecule has 0 unspecified atom stereocenters. The maximum absolute atomic E-state index is 13.0. The molecule has 0 radical (unpaired) electrons. The van der Waals surface area contributed by atoms with E-state index < -0.39 is 0 Å². The lowest BCUT2D eigenvalue weighted by atomic mass is 9.87. The number of carbonyl (C=O) groups excluding carboxylic acids is 2. The molecule has 0 spiro atoms. The van der Waals surface area contributed by atoms with Crippen LogP contribution in [0.3, 0.4) is 0 Å². The van der Waals surface area contributed by atoms with Gasteiger partial charge >= 0.3 is 0 Å². The van der Waals surface area contributed by atoms with Crippen molar-refractivity contribution in [3.05, 3.63) is 47.3 Å². The van der Waals surface area contributed by atoms with E-state index in [9.17, 15) is 9.59 Å². The Morgan fingerprint density at radius 3 is 2.68 bits per heavy atom. The molecular formula is C20H26N6O2. The Kier molecular flexibility index (Phi) is 4.89. The van der Waals surface area contributed by atoms with Crippen molar-refractivity contribution >= 4 is 11.8 Å². The minimum atomic E-state index is -0.0992. The molecule has 2 amide bonds. The summed E-state index contributed by atoms with van der Waals surface area (Å²) in [7, 11) is 3.83. The average molecular weight is 382 g/mol. The van der Waals surface area contributed by atoms with E-state index in [0.717, 1.165) is 0 Å². The van der Waals surface area contributed by atoms with E-state index in [2.05, 4.69) is 34.5 Å². The summed E-state index contributed by atoms with van der Waals surface area (Å²) in [5.74, 6) is 0.537. The molecule has 0 bridgehead atoms. The van der Waals surface area contributed by atoms with Gasteiger partial charge in [0.2, 0.25) is 5.91 Å². The minimum absolute atomic E-state index is 0.00578. The maximum atomic E-state index is 13.0. The van der Waals surface area contributed by atoms with E-state index >= 15 is 0 Å². The fourth-order valence-corrected chi connectivity index (χ4v) is 4.61. The summed E-state index contributed by atoms with van der Waals surface area (Å²) in [6.07, 6.45) is 1.46. The second-order valence-electron chi connectivity index (χ2n) is 8.07. The lowest BCUT2D eigenvalue weighted by Crippen LogP contribution is -2.41. The third kappa shape index (κ3) is 3.28. The van der Waals surface area contributed by atoms with Crippen LogP contribution in [0.1, 0.15) is 27.7 Å². The first kappa shape index (κ1) is 18.6. The van der Waals surface area contributed by atoms with Crippen molar-refractivity contribution in [1.82, 2.24) is 30.1 Å². The third-order valence-electron chi connectivity index (χ3n) is 5.86. The van der Waals surface area contributed by atoms with Gasteiger partial charge in [0.25, 0.3) is 5.91 Å². The van der Waals surface area contributed by atoms with Crippen LogP contribution in [0.2, 0.25) is 0 Å². The molecule has 2 aromatic rings. The Balaban J connectivity index is 1.62. The predicted octanol–water partition coefficient (Wildman–Crippen LogP) is 0.946. The molecule has 0 saturated carbocycles. The van der Waals surface area contributed by atoms with Gasteiger partial charge in [0, 0.05) is 31.5 Å². The van der Waals surface area contributed by atoms with Gasteiger partial charge in [-0.25, -0.2) is 0 Å². The number of benzene rings is 1. The summed E-state index contributed by atoms with van der Waals surface area (Å²) >= 11 is 0. The summed E-state index contributed by atoms with van der Waals surface area (Å²) in [5, 5.41) is 10.2. The lowest BCUT2D eigenvalue weighted by molar-refractivity contribution is -0.133. The van der Waals surface area contributed by atoms with Gasteiger partial charge in [-0.3, -0.25) is 9.59 Å². The van der Waals surface area contributed by atoms with Crippen molar-refractivity contribution in [2.24, 2.45) is 11.8 Å². The Morgan fingerprint density at radius 2 is 2.00 bits per heavy atom. The third-order valence-corrected chi connectivity index (χ3v) is 5.86. The number of aryl methyl sites for hydroxylation is 1. The number of likely N-dealkylation sites (N-methyl/N-ethyl adjacent to an activating group) is 1. The number of amides is 2. The van der Waals surface area contributed by atoms with E-state index in [1.807, 2.05) is 40.9 Å². The Labute approximate surface area is 164 Å². The zero-order valence-electron chi connectivity index (χ0n) is 16.5. The summed E-state index contributed by atoms with van der Waals surface area (Å²) in [6, 6.07) is 8.24. The Bertz CT molecular complexity index is 865. The van der Waals surface area contributed by atoms with Gasteiger partial charge < -0.3 is 14.7 Å². The van der Waals surface area contributed by atoms with Crippen molar-refractivity contribution in [2.45, 2.75) is 13.0 Å². The van der Waals surface area contributed by atoms with E-state index in [1.165, 1.54) is 17.3 Å². The summed E-state index contributed by atoms with van der Waals surface area (Å²) in [4.78, 5) is 31.5. The van der Waals surface area contributed by atoms with Crippen LogP contribution in [0, 0.1) is 18.8 Å². The first-order valence-corrected chi connectivity index (χ1v) is 9.60. The van der Waals surface area contributed by atoms with E-state index in [4.69, 9.17) is 0 Å². The molecule has 28 heavy (non-hydrogen) atoms. The molecule has 3 heterocycles. The number of hydrogen-bond donors (Lipinski definition) is 1. The molecule has 8 heteroatoms. The van der Waals surface area contributed by atoms with Crippen LogP contribution >= 0.6 is 0 Å². The van der Waals surface area contributed by atoms with Crippen molar-refractivity contribution in [3.63, 3.8) is 0 Å². The summed E-state index contributed by atoms with van der Waals surface area (Å²) in [6.45, 7) is 4.43. The number of carbonyl (C=O) groups is 2. The van der Waals surface area contributed by atoms with Crippen molar-refractivity contribution < 1.29 is 9.59 Å². The van der Waals surface area contributed by atoms with Crippen LogP contribution in [-0.2, 0) is 4.79 Å². The fourth-order valence-electron chi connectivity index (χ4n) is 4.61.